The number of rotatable bonds is 1. The molecular weight excluding hydrogens is 299 g/mol. The molecule has 0 spiro atoms. The van der Waals surface area contributed by atoms with Crippen LogP contribution in [0.25, 0.3) is 0 Å². The Kier molecular flexibility index (Phi) is 2.78. The number of ether oxygens (including phenoxy) is 1. The Balaban J connectivity index is 1.98. The number of para-hydroxylation sites is 1. The van der Waals surface area contributed by atoms with Crippen molar-refractivity contribution in [3.63, 3.8) is 0 Å². The van der Waals surface area contributed by atoms with Crippen LogP contribution in [-0.2, 0) is 13.9 Å². The Morgan fingerprint density at radius 1 is 1.00 bits per heavy atom. The van der Waals surface area contributed by atoms with E-state index in [1.807, 2.05) is 30.3 Å². The highest BCUT2D eigenvalue weighted by Crippen LogP contribution is 2.70. The van der Waals surface area contributed by atoms with Crippen molar-refractivity contribution in [3.8, 4) is 5.75 Å². The van der Waals surface area contributed by atoms with Gasteiger partial charge in [-0.05, 0) is 25.1 Å². The van der Waals surface area contributed by atoms with Gasteiger partial charge in [-0.1, -0.05) is 36.4 Å². The highest BCUT2D eigenvalue weighted by Gasteiger charge is 2.53. The summed E-state index contributed by atoms with van der Waals surface area (Å²) in [5.41, 5.74) is 0.513. The van der Waals surface area contributed by atoms with Crippen LogP contribution >= 0.6 is 7.37 Å². The second-order valence-electron chi connectivity index (χ2n) is 5.32. The van der Waals surface area contributed by atoms with Crippen molar-refractivity contribution in [1.82, 2.24) is 0 Å². The van der Waals surface area contributed by atoms with Crippen molar-refractivity contribution >= 4 is 18.6 Å². The van der Waals surface area contributed by atoms with Gasteiger partial charge in [-0.25, -0.2) is 4.79 Å². The summed E-state index contributed by atoms with van der Waals surface area (Å²) in [4.78, 5) is 12.3. The van der Waals surface area contributed by atoms with Crippen LogP contribution in [0, 0.1) is 0 Å². The average molecular weight is 312 g/mol. The van der Waals surface area contributed by atoms with Gasteiger partial charge >= 0.3 is 5.97 Å². The predicted octanol–water partition coefficient (Wildman–Crippen LogP) is 3.55. The first-order valence-electron chi connectivity index (χ1n) is 6.98. The van der Waals surface area contributed by atoms with E-state index in [0.29, 0.717) is 22.4 Å². The first-order chi connectivity index (χ1) is 10.6. The Labute approximate surface area is 127 Å². The molecule has 2 heterocycles. The van der Waals surface area contributed by atoms with E-state index in [-0.39, 0.29) is 0 Å². The SMILES string of the molecule is CC1=C2C(=O)Oc3ccccc3[C@H]2[P@@](=O)(c2ccccc2)O1. The summed E-state index contributed by atoms with van der Waals surface area (Å²) in [7, 11) is -3.25. The van der Waals surface area contributed by atoms with E-state index in [1.165, 1.54) is 0 Å². The van der Waals surface area contributed by atoms with Gasteiger partial charge in [-0.15, -0.1) is 0 Å². The van der Waals surface area contributed by atoms with E-state index in [2.05, 4.69) is 0 Å². The summed E-state index contributed by atoms with van der Waals surface area (Å²) in [6, 6.07) is 16.2. The standard InChI is InChI=1S/C17H13O4P/c1-11-15-16(13-9-5-6-10-14(13)20-17(15)18)22(19,21-11)12-7-3-2-4-8-12/h2-10,16H,1H3/t16-,22-/m1/s1. The molecule has 0 saturated heterocycles. The normalized spacial score (nSPS) is 26.0. The van der Waals surface area contributed by atoms with Gasteiger partial charge in [0.2, 0.25) is 0 Å². The van der Waals surface area contributed by atoms with E-state index in [9.17, 15) is 9.36 Å². The van der Waals surface area contributed by atoms with Gasteiger partial charge in [0.15, 0.2) is 0 Å². The number of carbonyl (C=O) groups excluding carboxylic acids is 1. The number of carbonyl (C=O) groups is 1. The molecule has 0 saturated carbocycles. The van der Waals surface area contributed by atoms with Crippen LogP contribution in [0.5, 0.6) is 5.75 Å². The molecule has 2 aromatic carbocycles. The van der Waals surface area contributed by atoms with Gasteiger partial charge in [0.25, 0.3) is 7.37 Å². The van der Waals surface area contributed by atoms with Gasteiger partial charge in [0.05, 0.1) is 5.57 Å². The maximum atomic E-state index is 13.6. The molecule has 5 heteroatoms. The highest BCUT2D eigenvalue weighted by molar-refractivity contribution is 7.68. The maximum absolute atomic E-state index is 13.6. The summed E-state index contributed by atoms with van der Waals surface area (Å²) in [5.74, 6) is 0.363. The molecule has 22 heavy (non-hydrogen) atoms. The number of hydrogen-bond acceptors (Lipinski definition) is 4. The molecule has 2 aliphatic heterocycles. The Morgan fingerprint density at radius 3 is 2.45 bits per heavy atom. The van der Waals surface area contributed by atoms with Crippen molar-refractivity contribution < 1.29 is 18.6 Å². The molecule has 0 radical (unpaired) electrons. The number of allylic oxidation sites excluding steroid dienone is 1. The third kappa shape index (κ3) is 1.71. The molecule has 0 amide bonds. The summed E-state index contributed by atoms with van der Waals surface area (Å²) in [6.07, 6.45) is 0. The van der Waals surface area contributed by atoms with Crippen molar-refractivity contribution in [3.05, 3.63) is 71.5 Å². The number of benzene rings is 2. The van der Waals surface area contributed by atoms with E-state index < -0.39 is 19.0 Å². The molecule has 4 rings (SSSR count). The lowest BCUT2D eigenvalue weighted by atomic mass is 10.00. The van der Waals surface area contributed by atoms with E-state index in [4.69, 9.17) is 9.26 Å². The fourth-order valence-electron chi connectivity index (χ4n) is 3.05. The molecule has 0 unspecified atom stereocenters. The van der Waals surface area contributed by atoms with Crippen LogP contribution in [0.15, 0.2) is 65.9 Å². The van der Waals surface area contributed by atoms with Crippen LogP contribution < -0.4 is 10.0 Å². The van der Waals surface area contributed by atoms with Crippen LogP contribution in [0.2, 0.25) is 0 Å². The monoisotopic (exact) mass is 312 g/mol. The van der Waals surface area contributed by atoms with Crippen LogP contribution in [0.3, 0.4) is 0 Å². The Hall–Kier alpha value is -2.32. The number of esters is 1. The second kappa shape index (κ2) is 4.59. The fourth-order valence-corrected chi connectivity index (χ4v) is 5.86. The largest absolute Gasteiger partial charge is 0.443 e. The molecule has 0 aromatic heterocycles. The van der Waals surface area contributed by atoms with Crippen molar-refractivity contribution in [2.45, 2.75) is 12.6 Å². The molecule has 2 aromatic rings. The first-order valence-corrected chi connectivity index (χ1v) is 8.67. The lowest BCUT2D eigenvalue weighted by Crippen LogP contribution is -2.23. The maximum Gasteiger partial charge on any atom is 0.344 e. The minimum absolute atomic E-state index is 0.367. The molecule has 4 nitrogen and oxygen atoms in total. The van der Waals surface area contributed by atoms with Gasteiger partial charge in [-0.3, -0.25) is 4.57 Å². The third-order valence-corrected chi connectivity index (χ3v) is 6.80. The number of hydrogen-bond donors (Lipinski definition) is 0. The first kappa shape index (κ1) is 13.4. The summed E-state index contributed by atoms with van der Waals surface area (Å²) in [5, 5.41) is 0.610. The van der Waals surface area contributed by atoms with Gasteiger partial charge in [0, 0.05) is 10.9 Å². The zero-order valence-corrected chi connectivity index (χ0v) is 12.7. The third-order valence-electron chi connectivity index (χ3n) is 4.02. The van der Waals surface area contributed by atoms with Crippen LogP contribution in [0.4, 0.5) is 0 Å². The summed E-state index contributed by atoms with van der Waals surface area (Å²) in [6.45, 7) is 1.67. The van der Waals surface area contributed by atoms with E-state index in [0.717, 1.165) is 5.56 Å². The van der Waals surface area contributed by atoms with Crippen LogP contribution in [-0.4, -0.2) is 5.97 Å². The molecule has 0 fully saturated rings. The minimum Gasteiger partial charge on any atom is -0.443 e. The fraction of sp³-hybridized carbons (Fsp3) is 0.118. The molecule has 0 aliphatic carbocycles. The van der Waals surface area contributed by atoms with Crippen molar-refractivity contribution in [2.75, 3.05) is 0 Å². The molecule has 2 atom stereocenters. The zero-order chi connectivity index (χ0) is 15.3. The summed E-state index contributed by atoms with van der Waals surface area (Å²) >= 11 is 0. The van der Waals surface area contributed by atoms with Gasteiger partial charge in [-0.2, -0.15) is 0 Å². The van der Waals surface area contributed by atoms with Gasteiger partial charge in [0.1, 0.15) is 17.2 Å². The van der Waals surface area contributed by atoms with Crippen LogP contribution in [0.1, 0.15) is 18.1 Å². The van der Waals surface area contributed by atoms with E-state index >= 15 is 0 Å². The molecule has 2 aliphatic rings. The number of fused-ring (bicyclic) bond motifs is 3. The molecule has 0 N–H and O–H groups in total. The van der Waals surface area contributed by atoms with Crippen molar-refractivity contribution in [1.29, 1.82) is 0 Å². The quantitative estimate of drug-likeness (QED) is 0.459. The zero-order valence-electron chi connectivity index (χ0n) is 11.9. The molecule has 0 bridgehead atoms. The molecule has 110 valence electrons. The average Bonchev–Trinajstić information content (AvgIpc) is 2.82. The Morgan fingerprint density at radius 2 is 1.68 bits per heavy atom. The highest BCUT2D eigenvalue weighted by atomic mass is 31.2. The summed E-state index contributed by atoms with van der Waals surface area (Å²) < 4.78 is 24.7. The Bertz CT molecular complexity index is 854. The van der Waals surface area contributed by atoms with Crippen molar-refractivity contribution in [2.24, 2.45) is 0 Å². The minimum atomic E-state index is -3.25. The topological polar surface area (TPSA) is 52.6 Å². The predicted molar refractivity (Wildman–Crippen MR) is 82.3 cm³/mol. The lowest BCUT2D eigenvalue weighted by Gasteiger charge is -2.26. The smallest absolute Gasteiger partial charge is 0.344 e. The van der Waals surface area contributed by atoms with E-state index in [1.54, 1.807) is 31.2 Å². The second-order valence-corrected chi connectivity index (χ2v) is 7.73. The molecular formula is C17H13O4P. The lowest BCUT2D eigenvalue weighted by molar-refractivity contribution is -0.131. The van der Waals surface area contributed by atoms with Gasteiger partial charge < -0.3 is 9.26 Å².